The lowest BCUT2D eigenvalue weighted by molar-refractivity contribution is -0.0567. The molecule has 0 aliphatic rings. The first-order valence-corrected chi connectivity index (χ1v) is 10.0. The molecule has 0 aromatic carbocycles. The molecule has 0 saturated carbocycles. The van der Waals surface area contributed by atoms with Gasteiger partial charge in [0, 0.05) is 25.9 Å². The molecule has 0 aromatic heterocycles. The number of aliphatic hydroxyl groups excluding tert-OH is 1. The van der Waals surface area contributed by atoms with E-state index >= 15 is 0 Å². The SMILES string of the molecule is C=C(CN)N(O)CCCCCCCCCCCCCCCC.CO. The summed E-state index contributed by atoms with van der Waals surface area (Å²) in [5.41, 5.74) is 6.03. The van der Waals surface area contributed by atoms with Crippen molar-refractivity contribution in [2.24, 2.45) is 5.73 Å². The normalized spacial score (nSPS) is 10.2. The summed E-state index contributed by atoms with van der Waals surface area (Å²) in [5, 5.41) is 17.8. The number of nitrogens with zero attached hydrogens (tertiary/aromatic N) is 1. The second kappa shape index (κ2) is 22.4. The highest BCUT2D eigenvalue weighted by molar-refractivity contribution is 4.90. The van der Waals surface area contributed by atoms with Gasteiger partial charge in [0.2, 0.25) is 0 Å². The Morgan fingerprint density at radius 2 is 1.08 bits per heavy atom. The van der Waals surface area contributed by atoms with Crippen molar-refractivity contribution in [2.75, 3.05) is 20.2 Å². The standard InChI is InChI=1S/C19H40N2O.CH4O/c1-3-4-5-6-7-8-9-10-11-12-13-14-15-16-17-21(22)19(2)18-20;1-2/h22H,2-18,20H2,1H3;2H,1H3. The zero-order valence-corrected chi connectivity index (χ0v) is 16.4. The maximum Gasteiger partial charge on any atom is 0.0472 e. The molecule has 4 N–H and O–H groups in total. The molecule has 0 aromatic rings. The molecular formula is C20H44N2O2. The Bertz CT molecular complexity index is 248. The first-order chi connectivity index (χ1) is 11.7. The zero-order chi connectivity index (χ0) is 18.5. The molecule has 4 heteroatoms. The van der Waals surface area contributed by atoms with Gasteiger partial charge in [-0.05, 0) is 6.42 Å². The van der Waals surface area contributed by atoms with Crippen molar-refractivity contribution in [3.63, 3.8) is 0 Å². The molecule has 24 heavy (non-hydrogen) atoms. The van der Waals surface area contributed by atoms with Gasteiger partial charge in [-0.15, -0.1) is 0 Å². The summed E-state index contributed by atoms with van der Waals surface area (Å²) >= 11 is 0. The van der Waals surface area contributed by atoms with Crippen LogP contribution in [0.5, 0.6) is 0 Å². The zero-order valence-electron chi connectivity index (χ0n) is 16.4. The summed E-state index contributed by atoms with van der Waals surface area (Å²) in [6.07, 6.45) is 18.9. The molecule has 0 saturated heterocycles. The minimum Gasteiger partial charge on any atom is -0.400 e. The van der Waals surface area contributed by atoms with Crippen molar-refractivity contribution in [1.29, 1.82) is 0 Å². The minimum atomic E-state index is 0.328. The van der Waals surface area contributed by atoms with Gasteiger partial charge in [0.15, 0.2) is 0 Å². The van der Waals surface area contributed by atoms with Gasteiger partial charge < -0.3 is 10.8 Å². The Kier molecular flexibility index (Phi) is 24.0. The van der Waals surface area contributed by atoms with Crippen LogP contribution in [0.2, 0.25) is 0 Å². The van der Waals surface area contributed by atoms with Gasteiger partial charge in [-0.25, -0.2) is 0 Å². The van der Waals surface area contributed by atoms with Gasteiger partial charge in [-0.3, -0.25) is 10.3 Å². The van der Waals surface area contributed by atoms with Crippen LogP contribution in [0.4, 0.5) is 0 Å². The van der Waals surface area contributed by atoms with Gasteiger partial charge in [0.25, 0.3) is 0 Å². The predicted molar refractivity (Wildman–Crippen MR) is 105 cm³/mol. The Balaban J connectivity index is 0. The lowest BCUT2D eigenvalue weighted by Crippen LogP contribution is -2.24. The number of aliphatic hydroxyl groups is 1. The lowest BCUT2D eigenvalue weighted by atomic mass is 10.0. The van der Waals surface area contributed by atoms with Crippen LogP contribution in [0.3, 0.4) is 0 Å². The van der Waals surface area contributed by atoms with Crippen molar-refractivity contribution < 1.29 is 10.3 Å². The molecule has 0 aliphatic carbocycles. The number of hydrogen-bond donors (Lipinski definition) is 3. The van der Waals surface area contributed by atoms with E-state index < -0.39 is 0 Å². The van der Waals surface area contributed by atoms with Gasteiger partial charge in [0.05, 0.1) is 0 Å². The molecule has 0 amide bonds. The minimum absolute atomic E-state index is 0.328. The van der Waals surface area contributed by atoms with E-state index in [2.05, 4.69) is 13.5 Å². The maximum atomic E-state index is 9.56. The third kappa shape index (κ3) is 19.5. The van der Waals surface area contributed by atoms with Gasteiger partial charge in [0.1, 0.15) is 0 Å². The van der Waals surface area contributed by atoms with Crippen LogP contribution in [0, 0.1) is 0 Å². The Labute approximate surface area is 151 Å². The summed E-state index contributed by atoms with van der Waals surface area (Å²) in [5.74, 6) is 0. The highest BCUT2D eigenvalue weighted by Crippen LogP contribution is 2.13. The molecule has 0 rings (SSSR count). The van der Waals surface area contributed by atoms with Crippen molar-refractivity contribution in [1.82, 2.24) is 5.06 Å². The number of hydrogen-bond acceptors (Lipinski definition) is 4. The number of nitrogens with two attached hydrogens (primary N) is 1. The maximum absolute atomic E-state index is 9.56. The molecule has 0 heterocycles. The summed E-state index contributed by atoms with van der Waals surface area (Å²) < 4.78 is 0. The van der Waals surface area contributed by atoms with Gasteiger partial charge in [-0.2, -0.15) is 0 Å². The van der Waals surface area contributed by atoms with Crippen LogP contribution in [0.1, 0.15) is 96.8 Å². The van der Waals surface area contributed by atoms with Crippen LogP contribution in [-0.4, -0.2) is 35.6 Å². The van der Waals surface area contributed by atoms with E-state index in [1.807, 2.05) is 0 Å². The van der Waals surface area contributed by atoms with Crippen LogP contribution < -0.4 is 5.73 Å². The first kappa shape index (κ1) is 25.7. The van der Waals surface area contributed by atoms with Crippen molar-refractivity contribution in [3.8, 4) is 0 Å². The van der Waals surface area contributed by atoms with E-state index in [4.69, 9.17) is 10.8 Å². The third-order valence-corrected chi connectivity index (χ3v) is 4.32. The summed E-state index contributed by atoms with van der Waals surface area (Å²) in [6.45, 7) is 6.97. The van der Waals surface area contributed by atoms with Crippen molar-refractivity contribution >= 4 is 0 Å². The first-order valence-electron chi connectivity index (χ1n) is 10.0. The molecule has 0 spiro atoms. The Morgan fingerprint density at radius 3 is 1.42 bits per heavy atom. The van der Waals surface area contributed by atoms with Gasteiger partial charge >= 0.3 is 0 Å². The number of hydroxylamine groups is 2. The van der Waals surface area contributed by atoms with E-state index in [1.165, 1.54) is 88.5 Å². The van der Waals surface area contributed by atoms with E-state index in [9.17, 15) is 5.21 Å². The fourth-order valence-electron chi connectivity index (χ4n) is 2.72. The predicted octanol–water partition coefficient (Wildman–Crippen LogP) is 5.24. The number of rotatable bonds is 17. The molecule has 0 unspecified atom stereocenters. The highest BCUT2D eigenvalue weighted by atomic mass is 16.5. The van der Waals surface area contributed by atoms with Crippen LogP contribution >= 0.6 is 0 Å². The smallest absolute Gasteiger partial charge is 0.0472 e. The Morgan fingerprint density at radius 1 is 0.750 bits per heavy atom. The van der Waals surface area contributed by atoms with E-state index in [0.717, 1.165) is 13.5 Å². The topological polar surface area (TPSA) is 69.7 Å². The number of unbranched alkanes of at least 4 members (excludes halogenated alkanes) is 13. The van der Waals surface area contributed by atoms with Gasteiger partial charge in [-0.1, -0.05) is 97.0 Å². The molecular weight excluding hydrogens is 300 g/mol. The van der Waals surface area contributed by atoms with Crippen LogP contribution in [-0.2, 0) is 0 Å². The molecule has 0 radical (unpaired) electrons. The molecule has 0 atom stereocenters. The largest absolute Gasteiger partial charge is 0.400 e. The molecule has 4 nitrogen and oxygen atoms in total. The van der Waals surface area contributed by atoms with E-state index in [0.29, 0.717) is 18.8 Å². The fraction of sp³-hybridized carbons (Fsp3) is 0.900. The quantitative estimate of drug-likeness (QED) is 0.249. The Hall–Kier alpha value is -0.580. The third-order valence-electron chi connectivity index (χ3n) is 4.32. The summed E-state index contributed by atoms with van der Waals surface area (Å²) in [4.78, 5) is 0. The molecule has 146 valence electrons. The second-order valence-corrected chi connectivity index (χ2v) is 6.49. The van der Waals surface area contributed by atoms with E-state index in [-0.39, 0.29) is 0 Å². The average molecular weight is 345 g/mol. The fourth-order valence-corrected chi connectivity index (χ4v) is 2.72. The molecule has 0 fully saturated rings. The van der Waals surface area contributed by atoms with Crippen LogP contribution in [0.15, 0.2) is 12.3 Å². The lowest BCUT2D eigenvalue weighted by Gasteiger charge is -2.17. The monoisotopic (exact) mass is 344 g/mol. The molecule has 0 aliphatic heterocycles. The van der Waals surface area contributed by atoms with Crippen LogP contribution in [0.25, 0.3) is 0 Å². The second-order valence-electron chi connectivity index (χ2n) is 6.49. The highest BCUT2D eigenvalue weighted by Gasteiger charge is 2.01. The summed E-state index contributed by atoms with van der Waals surface area (Å²) in [7, 11) is 1.00. The average Bonchev–Trinajstić information content (AvgIpc) is 2.62. The molecule has 0 bridgehead atoms. The summed E-state index contributed by atoms with van der Waals surface area (Å²) in [6, 6.07) is 0. The van der Waals surface area contributed by atoms with E-state index in [1.54, 1.807) is 0 Å². The van der Waals surface area contributed by atoms with Crippen molar-refractivity contribution in [2.45, 2.75) is 96.8 Å². The van der Waals surface area contributed by atoms with Crippen molar-refractivity contribution in [3.05, 3.63) is 12.3 Å².